The monoisotopic (exact) mass is 295 g/mol. The van der Waals surface area contributed by atoms with E-state index in [4.69, 9.17) is 4.74 Å². The highest BCUT2D eigenvalue weighted by Gasteiger charge is 2.30. The fourth-order valence-electron chi connectivity index (χ4n) is 2.34. The van der Waals surface area contributed by atoms with Gasteiger partial charge in [0.15, 0.2) is 0 Å². The first kappa shape index (κ1) is 17.7. The molecule has 5 nitrogen and oxygen atoms in total. The lowest BCUT2D eigenvalue weighted by Gasteiger charge is -2.22. The van der Waals surface area contributed by atoms with E-state index in [-0.39, 0.29) is 5.97 Å². The molecule has 1 rings (SSSR count). The number of carbonyl (C=O) groups excluding carboxylic acids is 1. The van der Waals surface area contributed by atoms with Crippen LogP contribution in [0, 0.1) is 25.2 Å². The topological polar surface area (TPSA) is 56.2 Å². The van der Waals surface area contributed by atoms with Gasteiger partial charge in [0.2, 0.25) is 0 Å². The molecular weight excluding hydrogens is 266 g/mol. The number of carbonyl (C=O) groups is 1. The summed E-state index contributed by atoms with van der Waals surface area (Å²) in [6.07, 6.45) is 0. The summed E-state index contributed by atoms with van der Waals surface area (Å²) in [7, 11) is 1.42. The molecule has 1 heterocycles. The van der Waals surface area contributed by atoms with E-state index in [0.29, 0.717) is 12.5 Å². The first-order valence-corrected chi connectivity index (χ1v) is 7.51. The molecule has 1 aromatic rings. The number of nitrogens with one attached hydrogen (secondary N) is 1. The molecule has 0 amide bonds. The van der Waals surface area contributed by atoms with E-state index in [9.17, 15) is 4.79 Å². The summed E-state index contributed by atoms with van der Waals surface area (Å²) in [5.41, 5.74) is 2.77. The smallest absolute Gasteiger partial charge is 0.313 e. The third-order valence-corrected chi connectivity index (χ3v) is 3.67. The molecule has 5 heteroatoms. The first-order chi connectivity index (χ1) is 9.69. The van der Waals surface area contributed by atoms with E-state index in [0.717, 1.165) is 24.5 Å². The van der Waals surface area contributed by atoms with Crippen LogP contribution in [0.1, 0.15) is 44.6 Å². The lowest BCUT2D eigenvalue weighted by Crippen LogP contribution is -2.31. The molecule has 21 heavy (non-hydrogen) atoms. The first-order valence-electron chi connectivity index (χ1n) is 7.51. The molecule has 0 saturated carbocycles. The minimum Gasteiger partial charge on any atom is -0.469 e. The van der Waals surface area contributed by atoms with Gasteiger partial charge in [-0.05, 0) is 40.2 Å². The molecule has 0 bridgehead atoms. The van der Waals surface area contributed by atoms with E-state index < -0.39 is 5.41 Å². The van der Waals surface area contributed by atoms with Crippen LogP contribution in [0.15, 0.2) is 0 Å². The molecule has 1 aromatic heterocycles. The third kappa shape index (κ3) is 4.56. The SMILES string of the molecule is COC(=O)C(C)(C)Cn1nc(C)c(CNCC(C)C)c1C. The fourth-order valence-corrected chi connectivity index (χ4v) is 2.34. The molecule has 0 atom stereocenters. The van der Waals surface area contributed by atoms with Crippen molar-refractivity contribution in [1.29, 1.82) is 0 Å². The molecule has 120 valence electrons. The Labute approximate surface area is 128 Å². The van der Waals surface area contributed by atoms with Gasteiger partial charge < -0.3 is 10.1 Å². The predicted molar refractivity (Wildman–Crippen MR) is 84.0 cm³/mol. The number of hydrogen-bond acceptors (Lipinski definition) is 4. The second-order valence-electron chi connectivity index (χ2n) is 6.71. The highest BCUT2D eigenvalue weighted by Crippen LogP contribution is 2.22. The Kier molecular flexibility index (Phi) is 5.96. The Balaban J connectivity index is 2.84. The molecule has 0 aliphatic heterocycles. The number of hydrogen-bond donors (Lipinski definition) is 1. The van der Waals surface area contributed by atoms with Crippen LogP contribution in [0.3, 0.4) is 0 Å². The van der Waals surface area contributed by atoms with Crippen molar-refractivity contribution in [3.8, 4) is 0 Å². The van der Waals surface area contributed by atoms with Crippen molar-refractivity contribution < 1.29 is 9.53 Å². The number of ether oxygens (including phenoxy) is 1. The molecule has 0 aliphatic rings. The molecule has 0 aliphatic carbocycles. The van der Waals surface area contributed by atoms with Gasteiger partial charge in [0.05, 0.1) is 24.8 Å². The van der Waals surface area contributed by atoms with E-state index in [2.05, 4.69) is 31.2 Å². The maximum absolute atomic E-state index is 11.8. The summed E-state index contributed by atoms with van der Waals surface area (Å²) in [5.74, 6) is 0.411. The number of nitrogens with zero attached hydrogens (tertiary/aromatic N) is 2. The van der Waals surface area contributed by atoms with Crippen LogP contribution in [0.2, 0.25) is 0 Å². The zero-order valence-corrected chi connectivity index (χ0v) is 14.4. The van der Waals surface area contributed by atoms with Crippen LogP contribution in [0.4, 0.5) is 0 Å². The molecule has 0 saturated heterocycles. The largest absolute Gasteiger partial charge is 0.469 e. The number of aromatic nitrogens is 2. The van der Waals surface area contributed by atoms with Gasteiger partial charge in [-0.3, -0.25) is 9.48 Å². The number of aryl methyl sites for hydroxylation is 1. The summed E-state index contributed by atoms with van der Waals surface area (Å²) in [6.45, 7) is 14.5. The molecule has 0 spiro atoms. The Morgan fingerprint density at radius 1 is 1.38 bits per heavy atom. The predicted octanol–water partition coefficient (Wildman–Crippen LogP) is 2.44. The second-order valence-corrected chi connectivity index (χ2v) is 6.71. The quantitative estimate of drug-likeness (QED) is 0.785. The fraction of sp³-hybridized carbons (Fsp3) is 0.750. The van der Waals surface area contributed by atoms with Crippen molar-refractivity contribution >= 4 is 5.97 Å². The van der Waals surface area contributed by atoms with E-state index in [1.807, 2.05) is 25.5 Å². The van der Waals surface area contributed by atoms with Gasteiger partial charge in [0.25, 0.3) is 0 Å². The Morgan fingerprint density at radius 2 is 2.00 bits per heavy atom. The summed E-state index contributed by atoms with van der Waals surface area (Å²) in [4.78, 5) is 11.8. The van der Waals surface area contributed by atoms with Gasteiger partial charge >= 0.3 is 5.97 Å². The molecule has 0 unspecified atom stereocenters. The highest BCUT2D eigenvalue weighted by molar-refractivity contribution is 5.75. The minimum absolute atomic E-state index is 0.213. The minimum atomic E-state index is -0.583. The third-order valence-electron chi connectivity index (χ3n) is 3.67. The Hall–Kier alpha value is -1.36. The van der Waals surface area contributed by atoms with E-state index in [1.165, 1.54) is 12.7 Å². The van der Waals surface area contributed by atoms with Crippen molar-refractivity contribution in [1.82, 2.24) is 15.1 Å². The maximum atomic E-state index is 11.8. The van der Waals surface area contributed by atoms with E-state index in [1.54, 1.807) is 0 Å². The second kappa shape index (κ2) is 7.07. The van der Waals surface area contributed by atoms with Gasteiger partial charge in [0.1, 0.15) is 0 Å². The molecule has 1 N–H and O–H groups in total. The number of esters is 1. The van der Waals surface area contributed by atoms with Crippen molar-refractivity contribution in [2.75, 3.05) is 13.7 Å². The molecule has 0 radical (unpaired) electrons. The van der Waals surface area contributed by atoms with Crippen LogP contribution in [0.5, 0.6) is 0 Å². The number of rotatable bonds is 7. The van der Waals surface area contributed by atoms with Crippen LogP contribution in [0.25, 0.3) is 0 Å². The number of methoxy groups -OCH3 is 1. The normalized spacial score (nSPS) is 12.0. The Morgan fingerprint density at radius 3 is 2.52 bits per heavy atom. The van der Waals surface area contributed by atoms with E-state index >= 15 is 0 Å². The van der Waals surface area contributed by atoms with Crippen LogP contribution in [-0.2, 0) is 22.6 Å². The Bertz CT molecular complexity index is 490. The lowest BCUT2D eigenvalue weighted by atomic mass is 9.94. The van der Waals surface area contributed by atoms with Gasteiger partial charge in [0, 0.05) is 17.8 Å². The molecule has 0 fully saturated rings. The average molecular weight is 295 g/mol. The van der Waals surface area contributed by atoms with Crippen molar-refractivity contribution in [3.63, 3.8) is 0 Å². The van der Waals surface area contributed by atoms with Crippen LogP contribution >= 0.6 is 0 Å². The van der Waals surface area contributed by atoms with Crippen molar-refractivity contribution in [2.45, 2.75) is 54.6 Å². The summed E-state index contributed by atoms with van der Waals surface area (Å²) < 4.78 is 6.78. The summed E-state index contributed by atoms with van der Waals surface area (Å²) >= 11 is 0. The lowest BCUT2D eigenvalue weighted by molar-refractivity contribution is -0.151. The van der Waals surface area contributed by atoms with Gasteiger partial charge in [-0.2, -0.15) is 5.10 Å². The van der Waals surface area contributed by atoms with Gasteiger partial charge in [-0.1, -0.05) is 13.8 Å². The zero-order chi connectivity index (χ0) is 16.2. The standard InChI is InChI=1S/C16H29N3O2/c1-11(2)8-17-9-14-12(3)18-19(13(14)4)10-16(5,6)15(20)21-7/h11,17H,8-10H2,1-7H3. The summed E-state index contributed by atoms with van der Waals surface area (Å²) in [5, 5.41) is 8.03. The van der Waals surface area contributed by atoms with Gasteiger partial charge in [-0.15, -0.1) is 0 Å². The van der Waals surface area contributed by atoms with Crippen molar-refractivity contribution in [2.24, 2.45) is 11.3 Å². The maximum Gasteiger partial charge on any atom is 0.313 e. The molecular formula is C16H29N3O2. The van der Waals surface area contributed by atoms with Crippen LogP contribution in [-0.4, -0.2) is 29.4 Å². The zero-order valence-electron chi connectivity index (χ0n) is 14.4. The molecule has 0 aromatic carbocycles. The highest BCUT2D eigenvalue weighted by atomic mass is 16.5. The van der Waals surface area contributed by atoms with Crippen molar-refractivity contribution in [3.05, 3.63) is 17.0 Å². The summed E-state index contributed by atoms with van der Waals surface area (Å²) in [6, 6.07) is 0. The average Bonchev–Trinajstić information content (AvgIpc) is 2.64. The van der Waals surface area contributed by atoms with Gasteiger partial charge in [-0.25, -0.2) is 0 Å². The van der Waals surface area contributed by atoms with Crippen LogP contribution < -0.4 is 5.32 Å².